The summed E-state index contributed by atoms with van der Waals surface area (Å²) in [6.45, 7) is 16.1. The summed E-state index contributed by atoms with van der Waals surface area (Å²) in [6, 6.07) is 7.80. The molecule has 0 fully saturated rings. The summed E-state index contributed by atoms with van der Waals surface area (Å²) in [5.41, 5.74) is 3.25. The van der Waals surface area contributed by atoms with Crippen LogP contribution in [0.1, 0.15) is 44.1 Å². The van der Waals surface area contributed by atoms with E-state index in [1.165, 1.54) is 5.69 Å². The van der Waals surface area contributed by atoms with Gasteiger partial charge in [-0.3, -0.25) is 0 Å². The molecule has 0 radical (unpaired) electrons. The average molecular weight is 409 g/mol. The summed E-state index contributed by atoms with van der Waals surface area (Å²) in [4.78, 5) is 4.48. The maximum atomic E-state index is 6.39. The van der Waals surface area contributed by atoms with Gasteiger partial charge in [0, 0.05) is 18.2 Å². The maximum Gasteiger partial charge on any atom is 0.192 e. The fraction of sp³-hybridized carbons (Fsp3) is 0.571. The van der Waals surface area contributed by atoms with Crippen molar-refractivity contribution in [3.63, 3.8) is 0 Å². The first kappa shape index (κ1) is 22.1. The Labute approximate surface area is 170 Å². The highest BCUT2D eigenvalue weighted by Gasteiger charge is 2.37. The average Bonchev–Trinajstić information content (AvgIpc) is 2.93. The van der Waals surface area contributed by atoms with Crippen molar-refractivity contribution in [2.75, 3.05) is 6.61 Å². The smallest absolute Gasteiger partial charge is 0.192 e. The van der Waals surface area contributed by atoms with Gasteiger partial charge >= 0.3 is 0 Å². The van der Waals surface area contributed by atoms with E-state index in [4.69, 9.17) is 20.8 Å². The molecule has 0 aliphatic carbocycles. The van der Waals surface area contributed by atoms with Gasteiger partial charge in [0.15, 0.2) is 8.32 Å². The van der Waals surface area contributed by atoms with E-state index in [1.54, 1.807) is 0 Å². The summed E-state index contributed by atoms with van der Waals surface area (Å²) in [5.74, 6) is 0. The standard InChI is InChI=1S/C21H33ClN2O2Si/c1-17-20(15-26-27(5,6)21(2,3)4)24(16-23-17)12-9-13-25-14-18-10-7-8-11-19(18)22/h7-8,10-11,16H,9,12-15H2,1-6H3. The zero-order valence-corrected chi connectivity index (χ0v) is 19.3. The lowest BCUT2D eigenvalue weighted by molar-refractivity contribution is 0.115. The third-order valence-electron chi connectivity index (χ3n) is 5.43. The number of halogens is 1. The van der Waals surface area contributed by atoms with E-state index in [1.807, 2.05) is 30.6 Å². The molecule has 2 aromatic rings. The highest BCUT2D eigenvalue weighted by molar-refractivity contribution is 6.74. The molecular formula is C21H33ClN2O2Si. The topological polar surface area (TPSA) is 36.3 Å². The number of benzene rings is 1. The molecule has 0 saturated heterocycles. The van der Waals surface area contributed by atoms with E-state index >= 15 is 0 Å². The van der Waals surface area contributed by atoms with Crippen LogP contribution in [0, 0.1) is 6.92 Å². The second-order valence-corrected chi connectivity index (χ2v) is 13.7. The van der Waals surface area contributed by atoms with Crippen molar-refractivity contribution in [1.82, 2.24) is 9.55 Å². The summed E-state index contributed by atoms with van der Waals surface area (Å²) >= 11 is 6.16. The van der Waals surface area contributed by atoms with E-state index in [0.717, 1.165) is 29.2 Å². The summed E-state index contributed by atoms with van der Waals surface area (Å²) in [7, 11) is -1.77. The van der Waals surface area contributed by atoms with Crippen LogP contribution < -0.4 is 0 Å². The quantitative estimate of drug-likeness (QED) is 0.378. The SMILES string of the molecule is Cc1ncn(CCCOCc2ccccc2Cl)c1CO[Si](C)(C)C(C)(C)C. The molecule has 1 aromatic carbocycles. The highest BCUT2D eigenvalue weighted by atomic mass is 35.5. The molecule has 0 saturated carbocycles. The molecular weight excluding hydrogens is 376 g/mol. The van der Waals surface area contributed by atoms with Crippen LogP contribution in [0.5, 0.6) is 0 Å². The highest BCUT2D eigenvalue weighted by Crippen LogP contribution is 2.37. The number of hydrogen-bond donors (Lipinski definition) is 0. The second-order valence-electron chi connectivity index (χ2n) is 8.52. The molecule has 1 heterocycles. The van der Waals surface area contributed by atoms with Gasteiger partial charge in [-0.2, -0.15) is 0 Å². The van der Waals surface area contributed by atoms with Crippen LogP contribution in [-0.4, -0.2) is 24.5 Å². The van der Waals surface area contributed by atoms with Gasteiger partial charge in [-0.15, -0.1) is 0 Å². The van der Waals surface area contributed by atoms with Crippen LogP contribution in [-0.2, 0) is 28.9 Å². The molecule has 2 rings (SSSR count). The first-order chi connectivity index (χ1) is 12.6. The largest absolute Gasteiger partial charge is 0.411 e. The van der Waals surface area contributed by atoms with Gasteiger partial charge in [0.2, 0.25) is 0 Å². The van der Waals surface area contributed by atoms with Crippen molar-refractivity contribution in [3.05, 3.63) is 52.6 Å². The van der Waals surface area contributed by atoms with Crippen LogP contribution >= 0.6 is 11.6 Å². The minimum atomic E-state index is -1.77. The molecule has 0 N–H and O–H groups in total. The van der Waals surface area contributed by atoms with Gasteiger partial charge in [-0.25, -0.2) is 4.98 Å². The number of ether oxygens (including phenoxy) is 1. The molecule has 27 heavy (non-hydrogen) atoms. The fourth-order valence-electron chi connectivity index (χ4n) is 2.49. The third-order valence-corrected chi connectivity index (χ3v) is 10.3. The second kappa shape index (κ2) is 9.37. The molecule has 6 heteroatoms. The Hall–Kier alpha value is -1.14. The van der Waals surface area contributed by atoms with Crippen molar-refractivity contribution in [1.29, 1.82) is 0 Å². The molecule has 150 valence electrons. The Morgan fingerprint density at radius 2 is 1.85 bits per heavy atom. The van der Waals surface area contributed by atoms with E-state index < -0.39 is 8.32 Å². The van der Waals surface area contributed by atoms with Crippen molar-refractivity contribution in [2.24, 2.45) is 0 Å². The van der Waals surface area contributed by atoms with Gasteiger partial charge in [-0.1, -0.05) is 50.6 Å². The summed E-state index contributed by atoms with van der Waals surface area (Å²) in [5, 5.41) is 0.964. The van der Waals surface area contributed by atoms with Crippen LogP contribution in [0.3, 0.4) is 0 Å². The van der Waals surface area contributed by atoms with Crippen LogP contribution in [0.4, 0.5) is 0 Å². The van der Waals surface area contributed by atoms with Gasteiger partial charge in [0.05, 0.1) is 30.9 Å². The number of aromatic nitrogens is 2. The molecule has 1 aromatic heterocycles. The zero-order chi connectivity index (χ0) is 20.1. The van der Waals surface area contributed by atoms with Crippen molar-refractivity contribution < 1.29 is 9.16 Å². The Morgan fingerprint density at radius 3 is 2.52 bits per heavy atom. The lowest BCUT2D eigenvalue weighted by Crippen LogP contribution is -2.40. The summed E-state index contributed by atoms with van der Waals surface area (Å²) < 4.78 is 14.4. The monoisotopic (exact) mass is 408 g/mol. The number of aryl methyl sites for hydroxylation is 2. The minimum Gasteiger partial charge on any atom is -0.411 e. The lowest BCUT2D eigenvalue weighted by atomic mass is 10.2. The van der Waals surface area contributed by atoms with E-state index in [-0.39, 0.29) is 5.04 Å². The van der Waals surface area contributed by atoms with Crippen molar-refractivity contribution in [2.45, 2.75) is 72.0 Å². The summed E-state index contributed by atoms with van der Waals surface area (Å²) in [6.07, 6.45) is 2.83. The predicted molar refractivity (Wildman–Crippen MR) is 115 cm³/mol. The fourth-order valence-corrected chi connectivity index (χ4v) is 3.61. The maximum absolute atomic E-state index is 6.39. The van der Waals surface area contributed by atoms with Crippen molar-refractivity contribution in [3.8, 4) is 0 Å². The van der Waals surface area contributed by atoms with Gasteiger partial charge in [0.25, 0.3) is 0 Å². The Balaban J connectivity index is 1.83. The zero-order valence-electron chi connectivity index (χ0n) is 17.5. The molecule has 4 nitrogen and oxygen atoms in total. The van der Waals surface area contributed by atoms with Gasteiger partial charge in [0.1, 0.15) is 0 Å². The molecule has 0 amide bonds. The van der Waals surface area contributed by atoms with E-state index in [0.29, 0.717) is 19.8 Å². The number of rotatable bonds is 9. The Kier molecular flexibility index (Phi) is 7.69. The van der Waals surface area contributed by atoms with Crippen LogP contribution in [0.2, 0.25) is 23.2 Å². The van der Waals surface area contributed by atoms with E-state index in [2.05, 4.69) is 50.3 Å². The van der Waals surface area contributed by atoms with Crippen LogP contribution in [0.15, 0.2) is 30.6 Å². The first-order valence-corrected chi connectivity index (χ1v) is 12.9. The normalized spacial score (nSPS) is 12.6. The first-order valence-electron chi connectivity index (χ1n) is 9.57. The van der Waals surface area contributed by atoms with Gasteiger partial charge < -0.3 is 13.7 Å². The Bertz CT molecular complexity index is 738. The number of nitrogens with zero attached hydrogens (tertiary/aromatic N) is 2. The Morgan fingerprint density at radius 1 is 1.15 bits per heavy atom. The molecule has 0 unspecified atom stereocenters. The molecule has 0 bridgehead atoms. The predicted octanol–water partition coefficient (Wildman–Crippen LogP) is 5.97. The minimum absolute atomic E-state index is 0.207. The third kappa shape index (κ3) is 6.18. The molecule has 0 aliphatic heterocycles. The number of imidazole rings is 1. The molecule has 0 aliphatic rings. The van der Waals surface area contributed by atoms with Gasteiger partial charge in [-0.05, 0) is 43.1 Å². The van der Waals surface area contributed by atoms with Crippen LogP contribution in [0.25, 0.3) is 0 Å². The van der Waals surface area contributed by atoms with Crippen molar-refractivity contribution >= 4 is 19.9 Å². The number of hydrogen-bond acceptors (Lipinski definition) is 3. The molecule has 0 spiro atoms. The van der Waals surface area contributed by atoms with E-state index in [9.17, 15) is 0 Å². The molecule has 0 atom stereocenters. The lowest BCUT2D eigenvalue weighted by Gasteiger charge is -2.36.